The predicted molar refractivity (Wildman–Crippen MR) is 105 cm³/mol. The molecule has 0 atom stereocenters. The number of aromatic nitrogens is 3. The Labute approximate surface area is 162 Å². The molecule has 27 heavy (non-hydrogen) atoms. The van der Waals surface area contributed by atoms with Gasteiger partial charge in [0.05, 0.1) is 12.2 Å². The van der Waals surface area contributed by atoms with Gasteiger partial charge in [-0.15, -0.1) is 5.10 Å². The Kier molecular flexibility index (Phi) is 4.92. The summed E-state index contributed by atoms with van der Waals surface area (Å²) in [6.45, 7) is 4.22. The van der Waals surface area contributed by atoms with Gasteiger partial charge in [0.25, 0.3) is 5.91 Å². The highest BCUT2D eigenvalue weighted by atomic mass is 35.5. The Hall–Kier alpha value is -2.70. The van der Waals surface area contributed by atoms with E-state index < -0.39 is 0 Å². The van der Waals surface area contributed by atoms with Gasteiger partial charge in [0.15, 0.2) is 5.69 Å². The summed E-state index contributed by atoms with van der Waals surface area (Å²) in [6.07, 6.45) is 0.968. The average Bonchev–Trinajstić information content (AvgIpc) is 3.04. The van der Waals surface area contributed by atoms with Crippen LogP contribution < -0.4 is 10.6 Å². The van der Waals surface area contributed by atoms with Crippen LogP contribution in [0.25, 0.3) is 0 Å². The van der Waals surface area contributed by atoms with Crippen molar-refractivity contribution in [3.8, 4) is 0 Å². The van der Waals surface area contributed by atoms with Crippen LogP contribution in [0, 0.1) is 6.92 Å². The number of carbonyl (C=O) groups excluding carboxylic acids is 1. The van der Waals surface area contributed by atoms with E-state index in [-0.39, 0.29) is 5.91 Å². The highest BCUT2D eigenvalue weighted by Gasteiger charge is 2.18. The lowest BCUT2D eigenvalue weighted by Crippen LogP contribution is -2.23. The Morgan fingerprint density at radius 3 is 2.85 bits per heavy atom. The Bertz CT molecular complexity index is 981. The van der Waals surface area contributed by atoms with Gasteiger partial charge in [-0.05, 0) is 60.8 Å². The molecule has 1 aliphatic rings. The Morgan fingerprint density at radius 1 is 1.22 bits per heavy atom. The number of anilines is 1. The fourth-order valence-corrected chi connectivity index (χ4v) is 3.35. The first kappa shape index (κ1) is 17.7. The zero-order chi connectivity index (χ0) is 18.8. The van der Waals surface area contributed by atoms with Gasteiger partial charge in [-0.3, -0.25) is 4.79 Å². The first-order valence-corrected chi connectivity index (χ1v) is 9.26. The third-order valence-electron chi connectivity index (χ3n) is 4.79. The maximum absolute atomic E-state index is 12.7. The minimum atomic E-state index is -0.247. The van der Waals surface area contributed by atoms with Crippen LogP contribution in [-0.4, -0.2) is 27.4 Å². The van der Waals surface area contributed by atoms with Crippen molar-refractivity contribution in [2.45, 2.75) is 26.4 Å². The van der Waals surface area contributed by atoms with Crippen LogP contribution in [0.3, 0.4) is 0 Å². The van der Waals surface area contributed by atoms with Gasteiger partial charge >= 0.3 is 0 Å². The molecule has 7 heteroatoms. The highest BCUT2D eigenvalue weighted by molar-refractivity contribution is 6.30. The molecule has 0 fully saturated rings. The second kappa shape index (κ2) is 7.50. The van der Waals surface area contributed by atoms with Crippen molar-refractivity contribution in [2.24, 2.45) is 0 Å². The lowest BCUT2D eigenvalue weighted by molar-refractivity contribution is 0.102. The summed E-state index contributed by atoms with van der Waals surface area (Å²) in [7, 11) is 0. The quantitative estimate of drug-likeness (QED) is 0.728. The van der Waals surface area contributed by atoms with Crippen LogP contribution >= 0.6 is 11.6 Å². The molecule has 0 saturated carbocycles. The summed E-state index contributed by atoms with van der Waals surface area (Å²) in [4.78, 5) is 12.7. The highest BCUT2D eigenvalue weighted by Crippen LogP contribution is 2.20. The molecule has 6 nitrogen and oxygen atoms in total. The van der Waals surface area contributed by atoms with Gasteiger partial charge in [0.2, 0.25) is 0 Å². The van der Waals surface area contributed by atoms with E-state index in [4.69, 9.17) is 11.6 Å². The largest absolute Gasteiger partial charge is 0.321 e. The summed E-state index contributed by atoms with van der Waals surface area (Å²) in [6, 6.07) is 13.6. The topological polar surface area (TPSA) is 71.8 Å². The molecular weight excluding hydrogens is 362 g/mol. The van der Waals surface area contributed by atoms with Crippen molar-refractivity contribution < 1.29 is 4.79 Å². The van der Waals surface area contributed by atoms with E-state index in [9.17, 15) is 4.79 Å². The van der Waals surface area contributed by atoms with Crippen molar-refractivity contribution in [1.29, 1.82) is 0 Å². The molecule has 0 unspecified atom stereocenters. The molecule has 2 N–H and O–H groups in total. The smallest absolute Gasteiger partial charge is 0.278 e. The zero-order valence-electron chi connectivity index (χ0n) is 15.0. The molecule has 4 rings (SSSR count). The molecule has 1 amide bonds. The van der Waals surface area contributed by atoms with E-state index in [1.807, 2.05) is 43.3 Å². The van der Waals surface area contributed by atoms with Gasteiger partial charge in [0.1, 0.15) is 0 Å². The van der Waals surface area contributed by atoms with Gasteiger partial charge < -0.3 is 10.6 Å². The maximum Gasteiger partial charge on any atom is 0.278 e. The van der Waals surface area contributed by atoms with Crippen molar-refractivity contribution in [1.82, 2.24) is 20.3 Å². The van der Waals surface area contributed by atoms with Crippen LogP contribution in [-0.2, 0) is 19.5 Å². The Morgan fingerprint density at radius 2 is 2.04 bits per heavy atom. The lowest BCUT2D eigenvalue weighted by atomic mass is 10.0. The van der Waals surface area contributed by atoms with Crippen LogP contribution in [0.2, 0.25) is 5.02 Å². The van der Waals surface area contributed by atoms with Crippen molar-refractivity contribution in [3.05, 3.63) is 75.6 Å². The van der Waals surface area contributed by atoms with E-state index >= 15 is 0 Å². The summed E-state index contributed by atoms with van der Waals surface area (Å²) in [5, 5.41) is 15.2. The first-order chi connectivity index (χ1) is 13.1. The summed E-state index contributed by atoms with van der Waals surface area (Å²) in [5.41, 5.74) is 5.45. The monoisotopic (exact) mass is 381 g/mol. The number of amides is 1. The molecule has 0 bridgehead atoms. The number of nitrogens with one attached hydrogen (secondary N) is 2. The van der Waals surface area contributed by atoms with E-state index in [0.717, 1.165) is 36.5 Å². The maximum atomic E-state index is 12.7. The number of halogens is 1. The van der Waals surface area contributed by atoms with Crippen LogP contribution in [0.4, 0.5) is 5.69 Å². The molecule has 138 valence electrons. The van der Waals surface area contributed by atoms with E-state index in [1.54, 1.807) is 4.68 Å². The standard InChI is InChI=1S/C20H20ClN5O/c1-13-19(24-25-26(13)12-14-2-5-17(21)6-3-14)20(27)23-18-7-4-16-11-22-9-8-15(16)10-18/h2-7,10,22H,8-9,11-12H2,1H3,(H,23,27). The van der Waals surface area contributed by atoms with Gasteiger partial charge in [-0.25, -0.2) is 4.68 Å². The summed E-state index contributed by atoms with van der Waals surface area (Å²) in [5.74, 6) is -0.247. The second-order valence-corrected chi connectivity index (χ2v) is 7.11. The number of hydrogen-bond donors (Lipinski definition) is 2. The third kappa shape index (κ3) is 3.86. The van der Waals surface area contributed by atoms with Gasteiger partial charge in [0, 0.05) is 17.3 Å². The lowest BCUT2D eigenvalue weighted by Gasteiger charge is -2.18. The van der Waals surface area contributed by atoms with Crippen molar-refractivity contribution >= 4 is 23.2 Å². The number of benzene rings is 2. The van der Waals surface area contributed by atoms with Crippen molar-refractivity contribution in [3.63, 3.8) is 0 Å². The van der Waals surface area contributed by atoms with Gasteiger partial charge in [-0.2, -0.15) is 0 Å². The normalized spacial score (nSPS) is 13.3. The van der Waals surface area contributed by atoms with Crippen LogP contribution in [0.1, 0.15) is 32.9 Å². The number of rotatable bonds is 4. The molecular formula is C20H20ClN5O. The van der Waals surface area contributed by atoms with Crippen molar-refractivity contribution in [2.75, 3.05) is 11.9 Å². The zero-order valence-corrected chi connectivity index (χ0v) is 15.8. The van der Waals surface area contributed by atoms with E-state index in [0.29, 0.717) is 17.3 Å². The average molecular weight is 382 g/mol. The summed E-state index contributed by atoms with van der Waals surface area (Å²) >= 11 is 5.92. The molecule has 2 heterocycles. The first-order valence-electron chi connectivity index (χ1n) is 8.88. The van der Waals surface area contributed by atoms with E-state index in [1.165, 1.54) is 11.1 Å². The summed E-state index contributed by atoms with van der Waals surface area (Å²) < 4.78 is 1.72. The molecule has 0 spiro atoms. The molecule has 1 aromatic heterocycles. The van der Waals surface area contributed by atoms with Crippen LogP contribution in [0.5, 0.6) is 0 Å². The minimum absolute atomic E-state index is 0.247. The molecule has 3 aromatic rings. The van der Waals surface area contributed by atoms with Gasteiger partial charge in [-0.1, -0.05) is 35.0 Å². The van der Waals surface area contributed by atoms with Crippen LogP contribution in [0.15, 0.2) is 42.5 Å². The SMILES string of the molecule is Cc1c(C(=O)Nc2ccc3c(c2)CCNC3)nnn1Cc1ccc(Cl)cc1. The number of fused-ring (bicyclic) bond motifs is 1. The number of nitrogens with zero attached hydrogens (tertiary/aromatic N) is 3. The number of carbonyl (C=O) groups is 1. The third-order valence-corrected chi connectivity index (χ3v) is 5.05. The molecule has 0 aliphatic carbocycles. The molecule has 0 saturated heterocycles. The molecule has 2 aromatic carbocycles. The fraction of sp³-hybridized carbons (Fsp3) is 0.250. The number of hydrogen-bond acceptors (Lipinski definition) is 4. The fourth-order valence-electron chi connectivity index (χ4n) is 3.23. The molecule has 0 radical (unpaired) electrons. The minimum Gasteiger partial charge on any atom is -0.321 e. The predicted octanol–water partition coefficient (Wildman–Crippen LogP) is 3.19. The molecule has 1 aliphatic heterocycles. The second-order valence-electron chi connectivity index (χ2n) is 6.67. The Balaban J connectivity index is 1.49. The van der Waals surface area contributed by atoms with E-state index in [2.05, 4.69) is 27.0 Å².